The molecule has 1 aliphatic rings. The van der Waals surface area contributed by atoms with Crippen LogP contribution >= 0.6 is 0 Å². The Bertz CT molecular complexity index is 681. The Morgan fingerprint density at radius 3 is 2.75 bits per heavy atom. The lowest BCUT2D eigenvalue weighted by Crippen LogP contribution is -2.23. The second-order valence-corrected chi connectivity index (χ2v) is 6.62. The first-order valence-corrected chi connectivity index (χ1v) is 8.53. The van der Waals surface area contributed by atoms with Crippen molar-refractivity contribution in [1.29, 1.82) is 0 Å². The van der Waals surface area contributed by atoms with E-state index in [0.29, 0.717) is 12.0 Å². The van der Waals surface area contributed by atoms with Gasteiger partial charge in [0.15, 0.2) is 0 Å². The molecule has 0 spiro atoms. The lowest BCUT2D eigenvalue weighted by Gasteiger charge is -2.23. The molecule has 1 atom stereocenters. The van der Waals surface area contributed by atoms with Crippen molar-refractivity contribution in [1.82, 2.24) is 10.1 Å². The van der Waals surface area contributed by atoms with Crippen LogP contribution in [0.2, 0.25) is 0 Å². The molecule has 5 heteroatoms. The Hall–Kier alpha value is -2.01. The van der Waals surface area contributed by atoms with Crippen LogP contribution in [0.5, 0.6) is 11.5 Å². The summed E-state index contributed by atoms with van der Waals surface area (Å²) in [6.07, 6.45) is 2.29. The molecule has 0 aliphatic carbocycles. The van der Waals surface area contributed by atoms with Gasteiger partial charge in [0.25, 0.3) is 0 Å². The molecule has 130 valence electrons. The minimum atomic E-state index is 0.313. The maximum atomic E-state index is 5.53. The number of hydrogen-bond acceptors (Lipinski definition) is 5. The van der Waals surface area contributed by atoms with Crippen LogP contribution in [-0.4, -0.2) is 30.8 Å². The third-order valence-corrected chi connectivity index (χ3v) is 4.69. The number of methoxy groups -OCH3 is 2. The molecule has 1 aromatic carbocycles. The van der Waals surface area contributed by atoms with E-state index in [9.17, 15) is 0 Å². The van der Waals surface area contributed by atoms with E-state index in [0.717, 1.165) is 48.0 Å². The first-order valence-electron chi connectivity index (χ1n) is 8.53. The predicted molar refractivity (Wildman–Crippen MR) is 92.5 cm³/mol. The summed E-state index contributed by atoms with van der Waals surface area (Å²) in [6.45, 7) is 6.14. The largest absolute Gasteiger partial charge is 0.497 e. The molecular formula is C19H26N2O3. The van der Waals surface area contributed by atoms with E-state index in [1.165, 1.54) is 6.42 Å². The topological polar surface area (TPSA) is 47.7 Å². The van der Waals surface area contributed by atoms with Crippen LogP contribution in [-0.2, 0) is 6.54 Å². The summed E-state index contributed by atoms with van der Waals surface area (Å²) in [5, 5.41) is 4.31. The first kappa shape index (κ1) is 16.8. The van der Waals surface area contributed by atoms with Gasteiger partial charge in [-0.2, -0.15) is 0 Å². The summed E-state index contributed by atoms with van der Waals surface area (Å²) in [5.74, 6) is 3.00. The Balaban J connectivity index is 1.78. The van der Waals surface area contributed by atoms with Gasteiger partial charge in [0.2, 0.25) is 0 Å². The second-order valence-electron chi connectivity index (χ2n) is 6.62. The predicted octanol–water partition coefficient (Wildman–Crippen LogP) is 4.15. The van der Waals surface area contributed by atoms with Crippen LogP contribution in [0.3, 0.4) is 0 Å². The fourth-order valence-corrected chi connectivity index (χ4v) is 3.28. The smallest absolute Gasteiger partial charge is 0.139 e. The molecule has 5 nitrogen and oxygen atoms in total. The van der Waals surface area contributed by atoms with Crippen molar-refractivity contribution in [3.05, 3.63) is 41.3 Å². The Labute approximate surface area is 143 Å². The van der Waals surface area contributed by atoms with Crippen molar-refractivity contribution in [2.45, 2.75) is 45.2 Å². The maximum Gasteiger partial charge on any atom is 0.139 e. The third kappa shape index (κ3) is 3.41. The van der Waals surface area contributed by atoms with Gasteiger partial charge in [0.1, 0.15) is 23.0 Å². The zero-order chi connectivity index (χ0) is 17.1. The SMILES string of the molecule is COc1ccc(CN2CCCC2c2cc(C(C)C)on2)c(OC)c1. The summed E-state index contributed by atoms with van der Waals surface area (Å²) in [4.78, 5) is 2.45. The van der Waals surface area contributed by atoms with Gasteiger partial charge in [-0.05, 0) is 25.5 Å². The van der Waals surface area contributed by atoms with E-state index in [1.54, 1.807) is 14.2 Å². The number of ether oxygens (including phenoxy) is 2. The van der Waals surface area contributed by atoms with Gasteiger partial charge >= 0.3 is 0 Å². The normalized spacial score (nSPS) is 18.3. The van der Waals surface area contributed by atoms with E-state index < -0.39 is 0 Å². The number of hydrogen-bond donors (Lipinski definition) is 0. The zero-order valence-electron chi connectivity index (χ0n) is 14.9. The van der Waals surface area contributed by atoms with Crippen molar-refractivity contribution in [2.75, 3.05) is 20.8 Å². The quantitative estimate of drug-likeness (QED) is 0.796. The summed E-state index contributed by atoms with van der Waals surface area (Å²) < 4.78 is 16.3. The van der Waals surface area contributed by atoms with Gasteiger partial charge < -0.3 is 14.0 Å². The zero-order valence-corrected chi connectivity index (χ0v) is 14.9. The molecule has 1 fully saturated rings. The summed E-state index contributed by atoms with van der Waals surface area (Å²) in [6, 6.07) is 8.42. The third-order valence-electron chi connectivity index (χ3n) is 4.69. The average Bonchev–Trinajstić information content (AvgIpc) is 3.24. The van der Waals surface area contributed by atoms with Gasteiger partial charge in [0, 0.05) is 30.2 Å². The highest BCUT2D eigenvalue weighted by Gasteiger charge is 2.29. The number of nitrogens with zero attached hydrogens (tertiary/aromatic N) is 2. The fraction of sp³-hybridized carbons (Fsp3) is 0.526. The highest BCUT2D eigenvalue weighted by molar-refractivity contribution is 5.40. The molecule has 0 radical (unpaired) electrons. The molecule has 0 bridgehead atoms. The molecule has 1 aliphatic heterocycles. The lowest BCUT2D eigenvalue weighted by molar-refractivity contribution is 0.232. The monoisotopic (exact) mass is 330 g/mol. The van der Waals surface area contributed by atoms with Crippen LogP contribution in [0.15, 0.2) is 28.8 Å². The highest BCUT2D eigenvalue weighted by Crippen LogP contribution is 2.35. The molecule has 0 saturated carbocycles. The molecule has 1 unspecified atom stereocenters. The van der Waals surface area contributed by atoms with E-state index in [2.05, 4.69) is 36.0 Å². The lowest BCUT2D eigenvalue weighted by atomic mass is 10.1. The minimum Gasteiger partial charge on any atom is -0.497 e. The van der Waals surface area contributed by atoms with E-state index in [1.807, 2.05) is 12.1 Å². The summed E-state index contributed by atoms with van der Waals surface area (Å²) in [7, 11) is 3.37. The fourth-order valence-electron chi connectivity index (χ4n) is 3.28. The first-order chi connectivity index (χ1) is 11.6. The molecule has 1 saturated heterocycles. The van der Waals surface area contributed by atoms with Crippen molar-refractivity contribution in [3.63, 3.8) is 0 Å². The Kier molecular flexibility index (Phi) is 5.09. The summed E-state index contributed by atoms with van der Waals surface area (Å²) in [5.41, 5.74) is 2.21. The van der Waals surface area contributed by atoms with Crippen LogP contribution in [0, 0.1) is 0 Å². The van der Waals surface area contributed by atoms with Crippen LogP contribution in [0.25, 0.3) is 0 Å². The van der Waals surface area contributed by atoms with Gasteiger partial charge in [-0.3, -0.25) is 4.90 Å². The number of rotatable bonds is 6. The van der Waals surface area contributed by atoms with Gasteiger partial charge in [-0.15, -0.1) is 0 Å². The minimum absolute atomic E-state index is 0.313. The molecular weight excluding hydrogens is 304 g/mol. The van der Waals surface area contributed by atoms with Crippen molar-refractivity contribution in [3.8, 4) is 11.5 Å². The van der Waals surface area contributed by atoms with E-state index in [4.69, 9.17) is 14.0 Å². The second kappa shape index (κ2) is 7.26. The Morgan fingerprint density at radius 2 is 2.08 bits per heavy atom. The molecule has 24 heavy (non-hydrogen) atoms. The standard InChI is InChI=1S/C19H26N2O3/c1-13(2)18-11-16(20-24-18)17-6-5-9-21(17)12-14-7-8-15(22-3)10-19(14)23-4/h7-8,10-11,13,17H,5-6,9,12H2,1-4H3. The molecule has 1 aromatic heterocycles. The van der Waals surface area contributed by atoms with Crippen molar-refractivity contribution < 1.29 is 14.0 Å². The highest BCUT2D eigenvalue weighted by atomic mass is 16.5. The number of benzene rings is 1. The maximum absolute atomic E-state index is 5.53. The number of likely N-dealkylation sites (tertiary alicyclic amines) is 1. The van der Waals surface area contributed by atoms with E-state index in [-0.39, 0.29) is 0 Å². The number of aromatic nitrogens is 1. The summed E-state index contributed by atoms with van der Waals surface area (Å²) >= 11 is 0. The molecule has 0 N–H and O–H groups in total. The van der Waals surface area contributed by atoms with Crippen molar-refractivity contribution >= 4 is 0 Å². The molecule has 2 aromatic rings. The average molecular weight is 330 g/mol. The van der Waals surface area contributed by atoms with Gasteiger partial charge in [-0.1, -0.05) is 25.1 Å². The molecule has 3 rings (SSSR count). The van der Waals surface area contributed by atoms with Gasteiger partial charge in [0.05, 0.1) is 20.3 Å². The van der Waals surface area contributed by atoms with Crippen LogP contribution in [0.4, 0.5) is 0 Å². The Morgan fingerprint density at radius 1 is 1.25 bits per heavy atom. The molecule has 0 amide bonds. The van der Waals surface area contributed by atoms with Gasteiger partial charge in [-0.25, -0.2) is 0 Å². The van der Waals surface area contributed by atoms with Crippen molar-refractivity contribution in [2.24, 2.45) is 0 Å². The van der Waals surface area contributed by atoms with Crippen LogP contribution in [0.1, 0.15) is 55.7 Å². The van der Waals surface area contributed by atoms with E-state index >= 15 is 0 Å². The molecule has 2 heterocycles. The van der Waals surface area contributed by atoms with Crippen LogP contribution < -0.4 is 9.47 Å².